The summed E-state index contributed by atoms with van der Waals surface area (Å²) in [5.41, 5.74) is 2.31. The maximum Gasteiger partial charge on any atom is 0.161 e. The third-order valence-electron chi connectivity index (χ3n) is 4.66. The Bertz CT molecular complexity index is 710. The summed E-state index contributed by atoms with van der Waals surface area (Å²) in [7, 11) is 0. The Balaban J connectivity index is 1.24. The predicted molar refractivity (Wildman–Crippen MR) is 98.9 cm³/mol. The van der Waals surface area contributed by atoms with Crippen LogP contribution in [0.1, 0.15) is 24.0 Å². The second kappa shape index (κ2) is 8.43. The van der Waals surface area contributed by atoms with Gasteiger partial charge in [0.25, 0.3) is 0 Å². The molecule has 0 unspecified atom stereocenters. The van der Waals surface area contributed by atoms with Crippen molar-refractivity contribution in [3.05, 3.63) is 53.6 Å². The normalized spacial score (nSPS) is 18.7. The zero-order valence-electron chi connectivity index (χ0n) is 14.9. The molecule has 5 nitrogen and oxygen atoms in total. The minimum Gasteiger partial charge on any atom is -0.489 e. The Hall–Kier alpha value is -2.24. The molecule has 0 aliphatic carbocycles. The van der Waals surface area contributed by atoms with Crippen LogP contribution in [0.15, 0.2) is 42.5 Å². The smallest absolute Gasteiger partial charge is 0.161 e. The van der Waals surface area contributed by atoms with E-state index in [-0.39, 0.29) is 0 Å². The third kappa shape index (κ3) is 4.48. The quantitative estimate of drug-likeness (QED) is 0.826. The topological polar surface area (TPSA) is 49.0 Å². The zero-order valence-corrected chi connectivity index (χ0v) is 14.9. The predicted octanol–water partition coefficient (Wildman–Crippen LogP) is 3.31. The van der Waals surface area contributed by atoms with Crippen LogP contribution in [0, 0.1) is 0 Å². The number of fused-ring (bicyclic) bond motifs is 1. The Morgan fingerprint density at radius 1 is 0.923 bits per heavy atom. The van der Waals surface area contributed by atoms with Crippen LogP contribution in [0.5, 0.6) is 17.2 Å². The van der Waals surface area contributed by atoms with Crippen molar-refractivity contribution in [3.8, 4) is 17.2 Å². The van der Waals surface area contributed by atoms with E-state index in [1.165, 1.54) is 18.4 Å². The highest BCUT2D eigenvalue weighted by Gasteiger charge is 2.14. The molecule has 5 heteroatoms. The number of ether oxygens (including phenoxy) is 4. The summed E-state index contributed by atoms with van der Waals surface area (Å²) in [6.45, 7) is 4.39. The molecule has 1 saturated heterocycles. The number of hydrogen-bond acceptors (Lipinski definition) is 5. The molecule has 0 amide bonds. The summed E-state index contributed by atoms with van der Waals surface area (Å²) in [6.07, 6.45) is 2.73. The molecule has 1 fully saturated rings. The largest absolute Gasteiger partial charge is 0.489 e. The van der Waals surface area contributed by atoms with E-state index in [1.54, 1.807) is 0 Å². The first-order valence-electron chi connectivity index (χ1n) is 9.29. The maximum absolute atomic E-state index is 5.89. The molecule has 2 aromatic rings. The van der Waals surface area contributed by atoms with Gasteiger partial charge in [0.2, 0.25) is 0 Å². The van der Waals surface area contributed by atoms with Gasteiger partial charge in [0.15, 0.2) is 11.5 Å². The Kier molecular flexibility index (Phi) is 5.57. The number of nitrogens with one attached hydrogen (secondary N) is 1. The molecule has 0 saturated carbocycles. The Morgan fingerprint density at radius 2 is 1.73 bits per heavy atom. The molecular formula is C21H25NO4. The van der Waals surface area contributed by atoms with Gasteiger partial charge in [-0.05, 0) is 48.2 Å². The van der Waals surface area contributed by atoms with Crippen LogP contribution in [0.4, 0.5) is 0 Å². The average molecular weight is 355 g/mol. The lowest BCUT2D eigenvalue weighted by atomic mass is 10.2. The molecule has 0 spiro atoms. The highest BCUT2D eigenvalue weighted by atomic mass is 16.6. The van der Waals surface area contributed by atoms with Crippen LogP contribution in [-0.4, -0.2) is 32.5 Å². The first-order valence-corrected chi connectivity index (χ1v) is 9.29. The van der Waals surface area contributed by atoms with Gasteiger partial charge in [-0.3, -0.25) is 0 Å². The lowest BCUT2D eigenvalue weighted by Crippen LogP contribution is -2.25. The fraction of sp³-hybridized carbons (Fsp3) is 0.429. The summed E-state index contributed by atoms with van der Waals surface area (Å²) in [4.78, 5) is 0. The van der Waals surface area contributed by atoms with Crippen molar-refractivity contribution in [2.24, 2.45) is 0 Å². The van der Waals surface area contributed by atoms with Crippen molar-refractivity contribution in [1.29, 1.82) is 0 Å². The monoisotopic (exact) mass is 355 g/mol. The van der Waals surface area contributed by atoms with Gasteiger partial charge in [0.1, 0.15) is 25.6 Å². The molecule has 1 atom stereocenters. The van der Waals surface area contributed by atoms with Gasteiger partial charge in [0, 0.05) is 19.7 Å². The lowest BCUT2D eigenvalue weighted by molar-refractivity contribution is 0.110. The van der Waals surface area contributed by atoms with Gasteiger partial charge < -0.3 is 24.3 Å². The van der Waals surface area contributed by atoms with E-state index in [0.29, 0.717) is 25.9 Å². The molecule has 138 valence electrons. The Labute approximate surface area is 154 Å². The van der Waals surface area contributed by atoms with Crippen molar-refractivity contribution in [2.45, 2.75) is 32.1 Å². The molecule has 26 heavy (non-hydrogen) atoms. The van der Waals surface area contributed by atoms with Gasteiger partial charge >= 0.3 is 0 Å². The molecule has 1 N–H and O–H groups in total. The molecule has 2 heterocycles. The van der Waals surface area contributed by atoms with Crippen LogP contribution in [-0.2, 0) is 17.9 Å². The van der Waals surface area contributed by atoms with Gasteiger partial charge in [-0.25, -0.2) is 0 Å². The number of benzene rings is 2. The summed E-state index contributed by atoms with van der Waals surface area (Å²) >= 11 is 0. The van der Waals surface area contributed by atoms with Gasteiger partial charge in [0.05, 0.1) is 6.10 Å². The minimum absolute atomic E-state index is 0.378. The van der Waals surface area contributed by atoms with E-state index < -0.39 is 0 Å². The van der Waals surface area contributed by atoms with Crippen molar-refractivity contribution >= 4 is 0 Å². The van der Waals surface area contributed by atoms with Gasteiger partial charge in [-0.1, -0.05) is 18.2 Å². The van der Waals surface area contributed by atoms with Crippen molar-refractivity contribution < 1.29 is 18.9 Å². The fourth-order valence-corrected chi connectivity index (χ4v) is 3.23. The van der Waals surface area contributed by atoms with Crippen LogP contribution in [0.25, 0.3) is 0 Å². The average Bonchev–Trinajstić information content (AvgIpc) is 3.21. The molecule has 2 aromatic carbocycles. The second-order valence-electron chi connectivity index (χ2n) is 6.68. The lowest BCUT2D eigenvalue weighted by Gasteiger charge is -2.19. The molecule has 2 aliphatic heterocycles. The Morgan fingerprint density at radius 3 is 2.54 bits per heavy atom. The minimum atomic E-state index is 0.378. The van der Waals surface area contributed by atoms with Crippen molar-refractivity contribution in [3.63, 3.8) is 0 Å². The first kappa shape index (κ1) is 17.2. The van der Waals surface area contributed by atoms with Gasteiger partial charge in [-0.2, -0.15) is 0 Å². The van der Waals surface area contributed by atoms with Gasteiger partial charge in [-0.15, -0.1) is 0 Å². The van der Waals surface area contributed by atoms with E-state index in [2.05, 4.69) is 17.4 Å². The van der Waals surface area contributed by atoms with E-state index >= 15 is 0 Å². The van der Waals surface area contributed by atoms with Crippen LogP contribution in [0.3, 0.4) is 0 Å². The summed E-state index contributed by atoms with van der Waals surface area (Å²) < 4.78 is 22.7. The highest BCUT2D eigenvalue weighted by molar-refractivity contribution is 5.43. The van der Waals surface area contributed by atoms with Crippen LogP contribution < -0.4 is 19.5 Å². The summed E-state index contributed by atoms with van der Waals surface area (Å²) in [5.74, 6) is 2.47. The highest BCUT2D eigenvalue weighted by Crippen LogP contribution is 2.31. The van der Waals surface area contributed by atoms with E-state index in [1.807, 2.05) is 30.3 Å². The first-order chi connectivity index (χ1) is 12.9. The standard InChI is InChI=1S/C21H25NO4/c1-2-19(23-9-1)14-22-13-16-3-6-18(7-4-16)26-15-17-5-8-20-21(12-17)25-11-10-24-20/h3-8,12,19,22H,1-2,9-11,13-15H2/t19-/m0/s1. The molecular weight excluding hydrogens is 330 g/mol. The number of rotatable bonds is 7. The maximum atomic E-state index is 5.89. The van der Waals surface area contributed by atoms with E-state index in [9.17, 15) is 0 Å². The van der Waals surface area contributed by atoms with E-state index in [0.717, 1.165) is 42.5 Å². The molecule has 0 radical (unpaired) electrons. The molecule has 4 rings (SSSR count). The van der Waals surface area contributed by atoms with Crippen LogP contribution >= 0.6 is 0 Å². The second-order valence-corrected chi connectivity index (χ2v) is 6.68. The molecule has 0 bridgehead atoms. The molecule has 0 aromatic heterocycles. The fourth-order valence-electron chi connectivity index (χ4n) is 3.23. The SMILES string of the molecule is c1cc(OCc2ccc3c(c2)OCCO3)ccc1CNC[C@@H]1CCCO1. The molecule has 2 aliphatic rings. The zero-order chi connectivity index (χ0) is 17.6. The summed E-state index contributed by atoms with van der Waals surface area (Å²) in [5, 5.41) is 3.46. The van der Waals surface area contributed by atoms with Crippen LogP contribution in [0.2, 0.25) is 0 Å². The van der Waals surface area contributed by atoms with Crippen molar-refractivity contribution in [1.82, 2.24) is 5.32 Å². The van der Waals surface area contributed by atoms with Crippen molar-refractivity contribution in [2.75, 3.05) is 26.4 Å². The third-order valence-corrected chi connectivity index (χ3v) is 4.66. The van der Waals surface area contributed by atoms with E-state index in [4.69, 9.17) is 18.9 Å². The number of hydrogen-bond donors (Lipinski definition) is 1. The summed E-state index contributed by atoms with van der Waals surface area (Å²) in [6, 6.07) is 14.2.